The number of carbonyl (C=O) groups is 1. The third-order valence-corrected chi connectivity index (χ3v) is 2.30. The molecule has 0 aliphatic heterocycles. The summed E-state index contributed by atoms with van der Waals surface area (Å²) in [5, 5.41) is 10.2. The van der Waals surface area contributed by atoms with Gasteiger partial charge in [0.25, 0.3) is 0 Å². The molecule has 1 N–H and O–H groups in total. The number of rotatable bonds is 2. The Morgan fingerprint density at radius 1 is 1.50 bits per heavy atom. The number of aliphatic hydroxyl groups is 1. The molecule has 2 rings (SSSR count). The van der Waals surface area contributed by atoms with Crippen LogP contribution < -0.4 is 0 Å². The summed E-state index contributed by atoms with van der Waals surface area (Å²) in [6, 6.07) is 4.28. The maximum Gasteiger partial charge on any atom is 0.339 e. The van der Waals surface area contributed by atoms with Gasteiger partial charge >= 0.3 is 5.97 Å². The smallest absolute Gasteiger partial charge is 0.339 e. The lowest BCUT2D eigenvalue weighted by atomic mass is 10.1. The van der Waals surface area contributed by atoms with Gasteiger partial charge in [-0.2, -0.15) is 0 Å². The Labute approximate surface area is 90.2 Å². The molecule has 4 nitrogen and oxygen atoms in total. The van der Waals surface area contributed by atoms with Gasteiger partial charge in [-0.25, -0.2) is 9.18 Å². The molecule has 1 heterocycles. The van der Waals surface area contributed by atoms with E-state index in [0.29, 0.717) is 5.39 Å². The highest BCUT2D eigenvalue weighted by Gasteiger charge is 2.25. The quantitative estimate of drug-likeness (QED) is 0.790. The molecule has 0 saturated carbocycles. The number of benzene rings is 1. The summed E-state index contributed by atoms with van der Waals surface area (Å²) < 4.78 is 22.9. The van der Waals surface area contributed by atoms with Crippen LogP contribution in [0.4, 0.5) is 4.39 Å². The number of fused-ring (bicyclic) bond motifs is 1. The number of hydrogen-bond donors (Lipinski definition) is 1. The lowest BCUT2D eigenvalue weighted by Crippen LogP contribution is -2.15. The lowest BCUT2D eigenvalue weighted by Gasteiger charge is -2.09. The summed E-state index contributed by atoms with van der Waals surface area (Å²) in [6.07, 6.45) is -0.322. The van der Waals surface area contributed by atoms with Crippen LogP contribution >= 0.6 is 0 Å². The van der Waals surface area contributed by atoms with Crippen LogP contribution in [0.1, 0.15) is 11.7 Å². The molecule has 0 saturated heterocycles. The third-order valence-electron chi connectivity index (χ3n) is 2.30. The highest BCUT2D eigenvalue weighted by Crippen LogP contribution is 2.28. The predicted octanol–water partition coefficient (Wildman–Crippen LogP) is 1.78. The van der Waals surface area contributed by atoms with E-state index in [4.69, 9.17) is 4.42 Å². The Bertz CT molecular complexity index is 532. The predicted molar refractivity (Wildman–Crippen MR) is 53.1 cm³/mol. The van der Waals surface area contributed by atoms with E-state index >= 15 is 0 Å². The SMILES string of the molecule is COC(=O)C(O)c1c(F)ccc2ccoc12. The van der Waals surface area contributed by atoms with Crippen molar-refractivity contribution in [2.45, 2.75) is 6.10 Å². The second-order valence-corrected chi connectivity index (χ2v) is 3.23. The Balaban J connectivity index is 2.61. The highest BCUT2D eigenvalue weighted by molar-refractivity contribution is 5.86. The lowest BCUT2D eigenvalue weighted by molar-refractivity contribution is -0.150. The minimum Gasteiger partial charge on any atom is -0.467 e. The summed E-state index contributed by atoms with van der Waals surface area (Å²) in [5.74, 6) is -1.64. The van der Waals surface area contributed by atoms with E-state index in [-0.39, 0.29) is 11.1 Å². The van der Waals surface area contributed by atoms with Gasteiger partial charge in [0.15, 0.2) is 6.10 Å². The Kier molecular flexibility index (Phi) is 2.62. The first-order chi connectivity index (χ1) is 7.65. The largest absolute Gasteiger partial charge is 0.467 e. The average molecular weight is 224 g/mol. The molecule has 84 valence electrons. The van der Waals surface area contributed by atoms with Crippen molar-refractivity contribution in [2.24, 2.45) is 0 Å². The molecular formula is C11H9FO4. The highest BCUT2D eigenvalue weighted by atomic mass is 19.1. The first kappa shape index (κ1) is 10.6. The van der Waals surface area contributed by atoms with Gasteiger partial charge in [-0.05, 0) is 18.2 Å². The van der Waals surface area contributed by atoms with Gasteiger partial charge in [0.05, 0.1) is 18.9 Å². The number of furan rings is 1. The fraction of sp³-hybridized carbons (Fsp3) is 0.182. The van der Waals surface area contributed by atoms with Crippen LogP contribution in [-0.4, -0.2) is 18.2 Å². The van der Waals surface area contributed by atoms with Crippen molar-refractivity contribution in [3.8, 4) is 0 Å². The molecule has 0 amide bonds. The molecule has 2 aromatic rings. The van der Waals surface area contributed by atoms with E-state index in [2.05, 4.69) is 4.74 Å². The van der Waals surface area contributed by atoms with E-state index in [9.17, 15) is 14.3 Å². The molecule has 1 aromatic carbocycles. The van der Waals surface area contributed by atoms with Crippen molar-refractivity contribution in [3.63, 3.8) is 0 Å². The standard InChI is InChI=1S/C11H9FO4/c1-15-11(14)9(13)8-7(12)3-2-6-4-5-16-10(6)8/h2-5,9,13H,1H3. The third kappa shape index (κ3) is 1.55. The first-order valence-electron chi connectivity index (χ1n) is 4.56. The van der Waals surface area contributed by atoms with Gasteiger partial charge in [0, 0.05) is 5.39 Å². The summed E-state index contributed by atoms with van der Waals surface area (Å²) in [6.45, 7) is 0. The van der Waals surface area contributed by atoms with Crippen molar-refractivity contribution < 1.29 is 23.4 Å². The van der Waals surface area contributed by atoms with Gasteiger partial charge in [-0.1, -0.05) is 0 Å². The van der Waals surface area contributed by atoms with Crippen LogP contribution in [0.15, 0.2) is 28.9 Å². The van der Waals surface area contributed by atoms with Crippen LogP contribution in [0.3, 0.4) is 0 Å². The normalized spacial score (nSPS) is 12.7. The van der Waals surface area contributed by atoms with Crippen LogP contribution in [0, 0.1) is 5.82 Å². The number of halogens is 1. The molecule has 0 bridgehead atoms. The maximum atomic E-state index is 13.5. The summed E-state index contributed by atoms with van der Waals surface area (Å²) in [7, 11) is 1.12. The maximum absolute atomic E-state index is 13.5. The summed E-state index contributed by atoms with van der Waals surface area (Å²) in [5.41, 5.74) is -0.0488. The summed E-state index contributed by atoms with van der Waals surface area (Å²) in [4.78, 5) is 11.1. The minimum absolute atomic E-state index is 0.151. The van der Waals surface area contributed by atoms with Crippen molar-refractivity contribution in [1.82, 2.24) is 0 Å². The second-order valence-electron chi connectivity index (χ2n) is 3.23. The number of methoxy groups -OCH3 is 1. The zero-order valence-corrected chi connectivity index (χ0v) is 8.44. The number of aliphatic hydroxyl groups excluding tert-OH is 1. The van der Waals surface area contributed by atoms with E-state index in [1.165, 1.54) is 18.4 Å². The molecule has 1 atom stereocenters. The molecule has 0 aliphatic carbocycles. The first-order valence-corrected chi connectivity index (χ1v) is 4.56. The van der Waals surface area contributed by atoms with Crippen molar-refractivity contribution in [2.75, 3.05) is 7.11 Å². The number of carbonyl (C=O) groups excluding carboxylic acids is 1. The fourth-order valence-corrected chi connectivity index (χ4v) is 1.51. The molecule has 0 fully saturated rings. The van der Waals surface area contributed by atoms with E-state index < -0.39 is 17.9 Å². The molecule has 0 aliphatic rings. The number of esters is 1. The topological polar surface area (TPSA) is 59.7 Å². The Hall–Kier alpha value is -1.88. The molecule has 1 unspecified atom stereocenters. The molecule has 5 heteroatoms. The van der Waals surface area contributed by atoms with Gasteiger partial charge in [0.2, 0.25) is 0 Å². The van der Waals surface area contributed by atoms with Crippen LogP contribution in [0.5, 0.6) is 0 Å². The van der Waals surface area contributed by atoms with Gasteiger partial charge in [-0.3, -0.25) is 0 Å². The average Bonchev–Trinajstić information content (AvgIpc) is 2.75. The number of ether oxygens (including phenoxy) is 1. The van der Waals surface area contributed by atoms with Crippen LogP contribution in [0.2, 0.25) is 0 Å². The molecule has 1 aromatic heterocycles. The minimum atomic E-state index is -1.68. The molecule has 16 heavy (non-hydrogen) atoms. The van der Waals surface area contributed by atoms with E-state index in [1.807, 2.05) is 0 Å². The zero-order chi connectivity index (χ0) is 11.7. The van der Waals surface area contributed by atoms with Crippen molar-refractivity contribution in [1.29, 1.82) is 0 Å². The Morgan fingerprint density at radius 2 is 2.25 bits per heavy atom. The number of hydrogen-bond acceptors (Lipinski definition) is 4. The van der Waals surface area contributed by atoms with Crippen molar-refractivity contribution >= 4 is 16.9 Å². The zero-order valence-electron chi connectivity index (χ0n) is 8.44. The van der Waals surface area contributed by atoms with E-state index in [0.717, 1.165) is 7.11 Å². The van der Waals surface area contributed by atoms with Gasteiger partial charge in [0.1, 0.15) is 11.4 Å². The second kappa shape index (κ2) is 3.94. The summed E-state index contributed by atoms with van der Waals surface area (Å²) >= 11 is 0. The fourth-order valence-electron chi connectivity index (χ4n) is 1.51. The van der Waals surface area contributed by atoms with E-state index in [1.54, 1.807) is 6.07 Å². The van der Waals surface area contributed by atoms with Gasteiger partial charge < -0.3 is 14.3 Å². The van der Waals surface area contributed by atoms with Crippen LogP contribution in [-0.2, 0) is 9.53 Å². The molecule has 0 spiro atoms. The van der Waals surface area contributed by atoms with Crippen LogP contribution in [0.25, 0.3) is 11.0 Å². The Morgan fingerprint density at radius 3 is 2.94 bits per heavy atom. The molecule has 0 radical (unpaired) electrons. The monoisotopic (exact) mass is 224 g/mol. The van der Waals surface area contributed by atoms with Gasteiger partial charge in [-0.15, -0.1) is 0 Å². The van der Waals surface area contributed by atoms with Crippen molar-refractivity contribution in [3.05, 3.63) is 35.8 Å². The molecular weight excluding hydrogens is 215 g/mol.